The van der Waals surface area contributed by atoms with Crippen molar-refractivity contribution in [2.45, 2.75) is 18.9 Å². The highest BCUT2D eigenvalue weighted by atomic mass is 79.9. The van der Waals surface area contributed by atoms with Crippen molar-refractivity contribution in [1.82, 2.24) is 5.32 Å². The normalized spacial score (nSPS) is 11.5. The zero-order chi connectivity index (χ0) is 12.2. The van der Waals surface area contributed by atoms with Crippen LogP contribution in [0.5, 0.6) is 0 Å². The van der Waals surface area contributed by atoms with Gasteiger partial charge in [0, 0.05) is 10.7 Å². The highest BCUT2D eigenvalue weighted by Crippen LogP contribution is 2.21. The molecule has 0 spiro atoms. The largest absolute Gasteiger partial charge is 0.457 e. The van der Waals surface area contributed by atoms with E-state index in [0.717, 1.165) is 6.42 Å². The standard InChI is InChI=1S/C10H12Br3NO2/c1-2-10(5-11,6-12)14-9(15)7-3-4-16-8(7)13/h3-4H,2,5-6H2,1H3,(H,14,15). The fourth-order valence-corrected chi connectivity index (χ4v) is 3.57. The summed E-state index contributed by atoms with van der Waals surface area (Å²) < 4.78 is 5.49. The molecule has 0 aliphatic heterocycles. The van der Waals surface area contributed by atoms with Crippen LogP contribution in [-0.4, -0.2) is 22.1 Å². The van der Waals surface area contributed by atoms with Crippen molar-refractivity contribution in [3.05, 3.63) is 22.6 Å². The van der Waals surface area contributed by atoms with Gasteiger partial charge < -0.3 is 9.73 Å². The van der Waals surface area contributed by atoms with E-state index in [0.29, 0.717) is 20.9 Å². The van der Waals surface area contributed by atoms with Crippen LogP contribution in [0.4, 0.5) is 0 Å². The van der Waals surface area contributed by atoms with Gasteiger partial charge in [-0.3, -0.25) is 4.79 Å². The summed E-state index contributed by atoms with van der Waals surface area (Å²) in [4.78, 5) is 12.0. The number of halogens is 3. The summed E-state index contributed by atoms with van der Waals surface area (Å²) in [6, 6.07) is 1.64. The van der Waals surface area contributed by atoms with Crippen molar-refractivity contribution >= 4 is 53.7 Å². The molecule has 0 aromatic carbocycles. The van der Waals surface area contributed by atoms with E-state index >= 15 is 0 Å². The first-order valence-corrected chi connectivity index (χ1v) is 7.79. The number of hydrogen-bond acceptors (Lipinski definition) is 2. The molecule has 0 saturated carbocycles. The van der Waals surface area contributed by atoms with Gasteiger partial charge in [0.1, 0.15) is 0 Å². The molecule has 0 bridgehead atoms. The molecular weight excluding hydrogens is 406 g/mol. The Labute approximate surface area is 120 Å². The monoisotopic (exact) mass is 415 g/mol. The molecule has 1 aromatic rings. The summed E-state index contributed by atoms with van der Waals surface area (Å²) in [5, 5.41) is 4.39. The molecule has 0 radical (unpaired) electrons. The van der Waals surface area contributed by atoms with Crippen LogP contribution in [-0.2, 0) is 0 Å². The lowest BCUT2D eigenvalue weighted by Gasteiger charge is -2.29. The molecule has 1 rings (SSSR count). The molecule has 6 heteroatoms. The number of alkyl halides is 2. The van der Waals surface area contributed by atoms with Crippen LogP contribution in [0.15, 0.2) is 21.4 Å². The SMILES string of the molecule is CCC(CBr)(CBr)NC(=O)c1ccoc1Br. The van der Waals surface area contributed by atoms with Gasteiger partial charge in [0.15, 0.2) is 4.67 Å². The third-order valence-corrected chi connectivity index (χ3v) is 5.19. The second-order valence-corrected chi connectivity index (χ2v) is 5.30. The third kappa shape index (κ3) is 3.11. The van der Waals surface area contributed by atoms with Crippen LogP contribution < -0.4 is 5.32 Å². The Morgan fingerprint density at radius 2 is 2.12 bits per heavy atom. The van der Waals surface area contributed by atoms with Crippen LogP contribution >= 0.6 is 47.8 Å². The second-order valence-electron chi connectivity index (χ2n) is 3.46. The Bertz CT molecular complexity index is 352. The predicted molar refractivity (Wildman–Crippen MR) is 74.5 cm³/mol. The molecule has 1 heterocycles. The van der Waals surface area contributed by atoms with E-state index in [4.69, 9.17) is 4.42 Å². The average Bonchev–Trinajstić information content (AvgIpc) is 2.72. The highest BCUT2D eigenvalue weighted by Gasteiger charge is 2.29. The van der Waals surface area contributed by atoms with E-state index in [1.165, 1.54) is 6.26 Å². The molecule has 0 aliphatic rings. The summed E-state index contributed by atoms with van der Waals surface area (Å²) in [6.45, 7) is 2.03. The minimum atomic E-state index is -0.270. The molecule has 16 heavy (non-hydrogen) atoms. The Hall–Kier alpha value is 0.190. The Balaban J connectivity index is 2.81. The number of nitrogens with one attached hydrogen (secondary N) is 1. The average molecular weight is 418 g/mol. The lowest BCUT2D eigenvalue weighted by Crippen LogP contribution is -2.51. The Kier molecular flexibility index (Phi) is 5.53. The number of rotatable bonds is 5. The molecule has 1 amide bonds. The van der Waals surface area contributed by atoms with Gasteiger partial charge in [-0.2, -0.15) is 0 Å². The van der Waals surface area contributed by atoms with Gasteiger partial charge in [0.25, 0.3) is 5.91 Å². The molecule has 0 fully saturated rings. The van der Waals surface area contributed by atoms with Gasteiger partial charge in [-0.25, -0.2) is 0 Å². The van der Waals surface area contributed by atoms with E-state index in [1.54, 1.807) is 6.07 Å². The second kappa shape index (κ2) is 6.21. The summed E-state index contributed by atoms with van der Waals surface area (Å²) >= 11 is 10.0. The first-order chi connectivity index (χ1) is 7.58. The molecular formula is C10H12Br3NO2. The smallest absolute Gasteiger partial charge is 0.256 e. The summed E-state index contributed by atoms with van der Waals surface area (Å²) in [5.74, 6) is -0.138. The van der Waals surface area contributed by atoms with Gasteiger partial charge in [0.2, 0.25) is 0 Å². The van der Waals surface area contributed by atoms with Gasteiger partial charge in [-0.1, -0.05) is 38.8 Å². The topological polar surface area (TPSA) is 42.2 Å². The maximum absolute atomic E-state index is 12.0. The maximum atomic E-state index is 12.0. The molecule has 0 unspecified atom stereocenters. The number of carbonyl (C=O) groups excluding carboxylic acids is 1. The summed E-state index contributed by atoms with van der Waals surface area (Å²) in [6.07, 6.45) is 2.32. The van der Waals surface area contributed by atoms with Crippen molar-refractivity contribution < 1.29 is 9.21 Å². The summed E-state index contributed by atoms with van der Waals surface area (Å²) in [7, 11) is 0. The van der Waals surface area contributed by atoms with Gasteiger partial charge in [-0.15, -0.1) is 0 Å². The Morgan fingerprint density at radius 1 is 1.50 bits per heavy atom. The van der Waals surface area contributed by atoms with Crippen molar-refractivity contribution in [3.63, 3.8) is 0 Å². The Morgan fingerprint density at radius 3 is 2.50 bits per heavy atom. The number of carbonyl (C=O) groups is 1. The molecule has 90 valence electrons. The quantitative estimate of drug-likeness (QED) is 0.742. The van der Waals surface area contributed by atoms with Crippen molar-refractivity contribution in [2.24, 2.45) is 0 Å². The van der Waals surface area contributed by atoms with E-state index in [9.17, 15) is 4.79 Å². The van der Waals surface area contributed by atoms with Crippen LogP contribution in [0.3, 0.4) is 0 Å². The first kappa shape index (κ1) is 14.3. The van der Waals surface area contributed by atoms with E-state index in [2.05, 4.69) is 53.1 Å². The van der Waals surface area contributed by atoms with Gasteiger partial charge in [-0.05, 0) is 28.4 Å². The number of furan rings is 1. The van der Waals surface area contributed by atoms with Crippen LogP contribution in [0.1, 0.15) is 23.7 Å². The maximum Gasteiger partial charge on any atom is 0.256 e. The van der Waals surface area contributed by atoms with Crippen molar-refractivity contribution in [2.75, 3.05) is 10.7 Å². The van der Waals surface area contributed by atoms with E-state index in [-0.39, 0.29) is 11.4 Å². The van der Waals surface area contributed by atoms with E-state index < -0.39 is 0 Å². The fraction of sp³-hybridized carbons (Fsp3) is 0.500. The first-order valence-electron chi connectivity index (χ1n) is 4.76. The van der Waals surface area contributed by atoms with Crippen molar-refractivity contribution in [1.29, 1.82) is 0 Å². The van der Waals surface area contributed by atoms with Crippen LogP contribution in [0, 0.1) is 0 Å². The molecule has 0 aliphatic carbocycles. The zero-order valence-corrected chi connectivity index (χ0v) is 13.5. The van der Waals surface area contributed by atoms with E-state index in [1.807, 2.05) is 6.92 Å². The van der Waals surface area contributed by atoms with Crippen molar-refractivity contribution in [3.8, 4) is 0 Å². The molecule has 0 atom stereocenters. The molecule has 1 aromatic heterocycles. The van der Waals surface area contributed by atoms with Crippen LogP contribution in [0.2, 0.25) is 0 Å². The van der Waals surface area contributed by atoms with Crippen LogP contribution in [0.25, 0.3) is 0 Å². The minimum Gasteiger partial charge on any atom is -0.457 e. The lowest BCUT2D eigenvalue weighted by molar-refractivity contribution is 0.0913. The summed E-state index contributed by atoms with van der Waals surface area (Å²) in [5.41, 5.74) is 0.244. The molecule has 3 nitrogen and oxygen atoms in total. The molecule has 1 N–H and O–H groups in total. The number of hydrogen-bond donors (Lipinski definition) is 1. The zero-order valence-electron chi connectivity index (χ0n) is 8.73. The van der Waals surface area contributed by atoms with Gasteiger partial charge in [0.05, 0.1) is 17.4 Å². The third-order valence-electron chi connectivity index (χ3n) is 2.43. The highest BCUT2D eigenvalue weighted by molar-refractivity contribution is 9.10. The lowest BCUT2D eigenvalue weighted by atomic mass is 10.0. The number of amides is 1. The molecule has 0 saturated heterocycles. The minimum absolute atomic E-state index is 0.138. The fourth-order valence-electron chi connectivity index (χ4n) is 1.14. The van der Waals surface area contributed by atoms with Gasteiger partial charge >= 0.3 is 0 Å². The predicted octanol–water partition coefficient (Wildman–Crippen LogP) is 3.71.